The summed E-state index contributed by atoms with van der Waals surface area (Å²) in [7, 11) is 1.38. The third kappa shape index (κ3) is 4.58. The normalized spacial score (nSPS) is 13.7. The van der Waals surface area contributed by atoms with Crippen LogP contribution in [0.15, 0.2) is 47.8 Å². The number of nitrogens with zero attached hydrogens (tertiary/aromatic N) is 1. The van der Waals surface area contributed by atoms with E-state index in [0.29, 0.717) is 17.0 Å². The van der Waals surface area contributed by atoms with E-state index in [0.717, 1.165) is 41.4 Å². The number of rotatable bonds is 6. The summed E-state index contributed by atoms with van der Waals surface area (Å²) >= 11 is 3.04. The maximum Gasteiger partial charge on any atom is 0.341 e. The Hall–Kier alpha value is -2.48. The van der Waals surface area contributed by atoms with Crippen molar-refractivity contribution in [2.75, 3.05) is 19.0 Å². The van der Waals surface area contributed by atoms with Crippen LogP contribution in [0.5, 0.6) is 0 Å². The van der Waals surface area contributed by atoms with Crippen LogP contribution in [-0.2, 0) is 35.5 Å². The third-order valence-corrected chi connectivity index (χ3v) is 6.95. The highest BCUT2D eigenvalue weighted by atomic mass is 32.1. The van der Waals surface area contributed by atoms with Crippen molar-refractivity contribution in [2.45, 2.75) is 25.9 Å². The van der Waals surface area contributed by atoms with E-state index in [9.17, 15) is 9.59 Å². The first-order chi connectivity index (χ1) is 14.1. The molecule has 1 aliphatic rings. The van der Waals surface area contributed by atoms with Gasteiger partial charge in [0, 0.05) is 29.4 Å². The van der Waals surface area contributed by atoms with Crippen LogP contribution < -0.4 is 5.32 Å². The second kappa shape index (κ2) is 8.90. The molecule has 0 fully saturated rings. The molecule has 3 aromatic rings. The van der Waals surface area contributed by atoms with Crippen LogP contribution in [-0.4, -0.2) is 30.4 Å². The molecule has 0 unspecified atom stereocenters. The van der Waals surface area contributed by atoms with Gasteiger partial charge in [0.05, 0.1) is 19.1 Å². The SMILES string of the molecule is COC(=O)c1c(NC(=O)Cc2cccs2)sc2c1CCN(Cc1ccccc1)C2. The first-order valence-corrected chi connectivity index (χ1v) is 11.1. The average molecular weight is 427 g/mol. The van der Waals surface area contributed by atoms with Gasteiger partial charge >= 0.3 is 5.97 Å². The molecule has 4 rings (SSSR count). The van der Waals surface area contributed by atoms with Crippen LogP contribution >= 0.6 is 22.7 Å². The van der Waals surface area contributed by atoms with Crippen molar-refractivity contribution in [3.63, 3.8) is 0 Å². The molecule has 150 valence electrons. The number of carbonyl (C=O) groups is 2. The molecular formula is C22H22N2O3S2. The minimum Gasteiger partial charge on any atom is -0.465 e. The molecule has 0 aliphatic carbocycles. The number of anilines is 1. The molecule has 5 nitrogen and oxygen atoms in total. The lowest BCUT2D eigenvalue weighted by molar-refractivity contribution is -0.115. The van der Waals surface area contributed by atoms with E-state index in [4.69, 9.17) is 4.74 Å². The molecule has 0 bridgehead atoms. The zero-order chi connectivity index (χ0) is 20.2. The van der Waals surface area contributed by atoms with Crippen LogP contribution in [0.25, 0.3) is 0 Å². The summed E-state index contributed by atoms with van der Waals surface area (Å²) in [4.78, 5) is 29.5. The Morgan fingerprint density at radius 1 is 1.17 bits per heavy atom. The summed E-state index contributed by atoms with van der Waals surface area (Å²) in [6.07, 6.45) is 1.07. The summed E-state index contributed by atoms with van der Waals surface area (Å²) in [5.74, 6) is -0.497. The lowest BCUT2D eigenvalue weighted by Crippen LogP contribution is -2.29. The van der Waals surface area contributed by atoms with Crippen molar-refractivity contribution in [1.29, 1.82) is 0 Å². The molecule has 1 aliphatic heterocycles. The maximum absolute atomic E-state index is 12.5. The van der Waals surface area contributed by atoms with Gasteiger partial charge in [-0.3, -0.25) is 9.69 Å². The second-order valence-electron chi connectivity index (χ2n) is 6.95. The monoisotopic (exact) mass is 426 g/mol. The lowest BCUT2D eigenvalue weighted by Gasteiger charge is -2.27. The Labute approximate surface area is 177 Å². The lowest BCUT2D eigenvalue weighted by atomic mass is 10.0. The number of benzene rings is 1. The predicted molar refractivity (Wildman–Crippen MR) is 117 cm³/mol. The van der Waals surface area contributed by atoms with Gasteiger partial charge in [0.15, 0.2) is 0 Å². The molecule has 0 radical (unpaired) electrons. The standard InChI is InChI=1S/C22H22N2O3S2/c1-27-22(26)20-17-9-10-24(13-15-6-3-2-4-7-15)14-18(17)29-21(20)23-19(25)12-16-8-5-11-28-16/h2-8,11H,9-10,12-14H2,1H3,(H,23,25). The van der Waals surface area contributed by atoms with Crippen molar-refractivity contribution in [3.8, 4) is 0 Å². The number of hydrogen-bond acceptors (Lipinski definition) is 6. The predicted octanol–water partition coefficient (Wildman–Crippen LogP) is 4.34. The quantitative estimate of drug-likeness (QED) is 0.596. The Bertz CT molecular complexity index is 997. The second-order valence-corrected chi connectivity index (χ2v) is 9.09. The van der Waals surface area contributed by atoms with Crippen molar-refractivity contribution in [1.82, 2.24) is 4.90 Å². The van der Waals surface area contributed by atoms with Crippen molar-refractivity contribution in [2.24, 2.45) is 0 Å². The smallest absolute Gasteiger partial charge is 0.341 e. The molecule has 1 N–H and O–H groups in total. The van der Waals surface area contributed by atoms with Crippen molar-refractivity contribution >= 4 is 39.6 Å². The Balaban J connectivity index is 1.53. The molecule has 0 saturated carbocycles. The number of ether oxygens (including phenoxy) is 1. The molecule has 1 amide bonds. The van der Waals surface area contributed by atoms with Crippen LogP contribution in [0.1, 0.15) is 31.2 Å². The summed E-state index contributed by atoms with van der Waals surface area (Å²) < 4.78 is 5.02. The Kier molecular flexibility index (Phi) is 6.08. The van der Waals surface area contributed by atoms with Crippen LogP contribution in [0.4, 0.5) is 5.00 Å². The number of thiophene rings is 2. The fraction of sp³-hybridized carbons (Fsp3) is 0.273. The van der Waals surface area contributed by atoms with Crippen LogP contribution in [0.3, 0.4) is 0 Å². The minimum atomic E-state index is -0.384. The van der Waals surface area contributed by atoms with E-state index in [1.54, 1.807) is 11.3 Å². The summed E-state index contributed by atoms with van der Waals surface area (Å²) in [6.45, 7) is 2.50. The van der Waals surface area contributed by atoms with Gasteiger partial charge in [-0.05, 0) is 29.0 Å². The van der Waals surface area contributed by atoms with Gasteiger partial charge in [0.25, 0.3) is 0 Å². The van der Waals surface area contributed by atoms with Crippen molar-refractivity contribution in [3.05, 3.63) is 74.3 Å². The number of esters is 1. The van der Waals surface area contributed by atoms with Gasteiger partial charge in [0.1, 0.15) is 5.00 Å². The summed E-state index contributed by atoms with van der Waals surface area (Å²) in [5, 5.41) is 5.51. The first kappa shape index (κ1) is 19.8. The van der Waals surface area contributed by atoms with Gasteiger partial charge in [-0.1, -0.05) is 36.4 Å². The molecule has 0 saturated heterocycles. The fourth-order valence-electron chi connectivity index (χ4n) is 3.58. The summed E-state index contributed by atoms with van der Waals surface area (Å²) in [5.41, 5.74) is 2.80. The van der Waals surface area contributed by atoms with Crippen molar-refractivity contribution < 1.29 is 14.3 Å². The average Bonchev–Trinajstić information content (AvgIpc) is 3.35. The molecule has 1 aromatic carbocycles. The Morgan fingerprint density at radius 2 is 2.00 bits per heavy atom. The van der Waals surface area contributed by atoms with Gasteiger partial charge in [-0.2, -0.15) is 0 Å². The molecule has 0 atom stereocenters. The highest BCUT2D eigenvalue weighted by molar-refractivity contribution is 7.17. The first-order valence-electron chi connectivity index (χ1n) is 9.45. The number of methoxy groups -OCH3 is 1. The topological polar surface area (TPSA) is 58.6 Å². The molecule has 7 heteroatoms. The van der Waals surface area contributed by atoms with E-state index in [2.05, 4.69) is 22.3 Å². The van der Waals surface area contributed by atoms with Crippen LogP contribution in [0.2, 0.25) is 0 Å². The van der Waals surface area contributed by atoms with E-state index < -0.39 is 0 Å². The van der Waals surface area contributed by atoms with Gasteiger partial charge in [-0.25, -0.2) is 4.79 Å². The number of nitrogens with one attached hydrogen (secondary N) is 1. The maximum atomic E-state index is 12.5. The third-order valence-electron chi connectivity index (χ3n) is 4.94. The summed E-state index contributed by atoms with van der Waals surface area (Å²) in [6, 6.07) is 14.2. The fourth-order valence-corrected chi connectivity index (χ4v) is 5.58. The zero-order valence-electron chi connectivity index (χ0n) is 16.1. The van der Waals surface area contributed by atoms with E-state index >= 15 is 0 Å². The van der Waals surface area contributed by atoms with E-state index in [1.165, 1.54) is 24.0 Å². The molecule has 2 aromatic heterocycles. The molecular weight excluding hydrogens is 404 g/mol. The zero-order valence-corrected chi connectivity index (χ0v) is 17.8. The molecule has 29 heavy (non-hydrogen) atoms. The number of carbonyl (C=O) groups excluding carboxylic acids is 2. The van der Waals surface area contributed by atoms with E-state index in [-0.39, 0.29) is 11.9 Å². The minimum absolute atomic E-state index is 0.114. The number of fused-ring (bicyclic) bond motifs is 1. The highest BCUT2D eigenvalue weighted by Crippen LogP contribution is 2.38. The van der Waals surface area contributed by atoms with Gasteiger partial charge in [-0.15, -0.1) is 22.7 Å². The Morgan fingerprint density at radius 3 is 2.72 bits per heavy atom. The number of amides is 1. The number of hydrogen-bond donors (Lipinski definition) is 1. The van der Waals surface area contributed by atoms with Gasteiger partial charge < -0.3 is 10.1 Å². The largest absolute Gasteiger partial charge is 0.465 e. The van der Waals surface area contributed by atoms with Gasteiger partial charge in [0.2, 0.25) is 5.91 Å². The van der Waals surface area contributed by atoms with E-state index in [1.807, 2.05) is 35.7 Å². The highest BCUT2D eigenvalue weighted by Gasteiger charge is 2.29. The van der Waals surface area contributed by atoms with Crippen LogP contribution in [0, 0.1) is 0 Å². The molecule has 3 heterocycles. The molecule has 0 spiro atoms.